The highest BCUT2D eigenvalue weighted by Gasteiger charge is 2.39. The van der Waals surface area contributed by atoms with Crippen LogP contribution in [0, 0.1) is 15.9 Å². The Morgan fingerprint density at radius 3 is 2.46 bits per heavy atom. The summed E-state index contributed by atoms with van der Waals surface area (Å²) in [4.78, 5) is 37.0. The summed E-state index contributed by atoms with van der Waals surface area (Å²) in [5, 5.41) is 13.7. The van der Waals surface area contributed by atoms with Gasteiger partial charge in [0.15, 0.2) is 0 Å². The normalized spacial score (nSPS) is 14.0. The number of hydrogen-bond donors (Lipinski definition) is 1. The molecule has 0 atom stereocenters. The van der Waals surface area contributed by atoms with Gasteiger partial charge in [-0.2, -0.15) is 0 Å². The van der Waals surface area contributed by atoms with Crippen molar-refractivity contribution in [2.24, 2.45) is 0 Å². The van der Waals surface area contributed by atoms with E-state index in [0.717, 1.165) is 4.90 Å². The van der Waals surface area contributed by atoms with E-state index >= 15 is 0 Å². The number of nitrogens with zero attached hydrogens (tertiary/aromatic N) is 2. The third-order valence-corrected chi connectivity index (χ3v) is 4.15. The van der Waals surface area contributed by atoms with Gasteiger partial charge in [0.2, 0.25) is 0 Å². The summed E-state index contributed by atoms with van der Waals surface area (Å²) >= 11 is 0. The van der Waals surface area contributed by atoms with Gasteiger partial charge in [-0.1, -0.05) is 6.07 Å². The van der Waals surface area contributed by atoms with Crippen LogP contribution in [0.15, 0.2) is 54.2 Å². The molecule has 1 heterocycles. The molecule has 0 aromatic heterocycles. The summed E-state index contributed by atoms with van der Waals surface area (Å²) in [5.74, 6) is -1.65. The number of anilines is 1. The molecule has 1 N–H and O–H groups in total. The van der Waals surface area contributed by atoms with Crippen molar-refractivity contribution in [1.82, 2.24) is 4.90 Å². The number of carbonyl (C=O) groups is 2. The van der Waals surface area contributed by atoms with Crippen LogP contribution in [0.2, 0.25) is 0 Å². The summed E-state index contributed by atoms with van der Waals surface area (Å²) in [6, 6.07) is 10.7. The molecule has 0 saturated heterocycles. The van der Waals surface area contributed by atoms with Crippen molar-refractivity contribution in [2.75, 3.05) is 25.6 Å². The number of rotatable bonds is 7. The maximum absolute atomic E-state index is 13.5. The van der Waals surface area contributed by atoms with Crippen molar-refractivity contribution >= 4 is 28.8 Å². The predicted molar refractivity (Wildman–Crippen MR) is 98.6 cm³/mol. The molecular weight excluding hydrogens is 369 g/mol. The molecule has 2 amide bonds. The first kappa shape index (κ1) is 19.2. The van der Waals surface area contributed by atoms with Crippen LogP contribution in [0.1, 0.15) is 5.56 Å². The summed E-state index contributed by atoms with van der Waals surface area (Å²) < 4.78 is 18.4. The van der Waals surface area contributed by atoms with Gasteiger partial charge in [0, 0.05) is 24.9 Å². The maximum atomic E-state index is 13.5. The van der Waals surface area contributed by atoms with Crippen molar-refractivity contribution in [3.63, 3.8) is 0 Å². The Labute approximate surface area is 159 Å². The number of nitrogens with one attached hydrogen (secondary N) is 1. The lowest BCUT2D eigenvalue weighted by Gasteiger charge is -2.14. The highest BCUT2D eigenvalue weighted by Crippen LogP contribution is 2.31. The number of hydrogen-bond acceptors (Lipinski definition) is 6. The molecule has 0 aliphatic carbocycles. The second kappa shape index (κ2) is 7.97. The van der Waals surface area contributed by atoms with Gasteiger partial charge in [0.05, 0.1) is 23.6 Å². The van der Waals surface area contributed by atoms with Crippen LogP contribution in [-0.4, -0.2) is 41.9 Å². The molecule has 0 spiro atoms. The quantitative estimate of drug-likeness (QED) is 0.447. The molecule has 2 aromatic rings. The number of nitro benzene ring substituents is 1. The SMILES string of the molecule is COCCN1C(=O)C(Nc2cccc(F)c2)=C(c2ccc([N+](=O)[O-])cc2)C1=O. The van der Waals surface area contributed by atoms with Crippen molar-refractivity contribution in [3.8, 4) is 0 Å². The molecule has 144 valence electrons. The van der Waals surface area contributed by atoms with E-state index in [1.807, 2.05) is 0 Å². The van der Waals surface area contributed by atoms with E-state index in [2.05, 4.69) is 5.32 Å². The highest BCUT2D eigenvalue weighted by molar-refractivity contribution is 6.36. The lowest BCUT2D eigenvalue weighted by Crippen LogP contribution is -2.35. The molecule has 1 aliphatic heterocycles. The fourth-order valence-corrected chi connectivity index (χ4v) is 2.81. The zero-order valence-electron chi connectivity index (χ0n) is 14.8. The number of nitro groups is 1. The monoisotopic (exact) mass is 385 g/mol. The minimum Gasteiger partial charge on any atom is -0.383 e. The van der Waals surface area contributed by atoms with Crippen molar-refractivity contribution in [1.29, 1.82) is 0 Å². The Hall–Kier alpha value is -3.59. The number of benzene rings is 2. The number of methoxy groups -OCH3 is 1. The van der Waals surface area contributed by atoms with Gasteiger partial charge in [-0.3, -0.25) is 24.6 Å². The van der Waals surface area contributed by atoms with Gasteiger partial charge >= 0.3 is 0 Å². The smallest absolute Gasteiger partial charge is 0.278 e. The van der Waals surface area contributed by atoms with Crippen LogP contribution in [0.5, 0.6) is 0 Å². The standard InChI is InChI=1S/C19H16FN3O5/c1-28-10-9-22-18(24)16(12-5-7-15(8-6-12)23(26)27)17(19(22)25)21-14-4-2-3-13(20)11-14/h2-8,11,21H,9-10H2,1H3. The van der Waals surface area contributed by atoms with Crippen LogP contribution in [0.4, 0.5) is 15.8 Å². The van der Waals surface area contributed by atoms with Crippen LogP contribution >= 0.6 is 0 Å². The molecule has 8 nitrogen and oxygen atoms in total. The lowest BCUT2D eigenvalue weighted by molar-refractivity contribution is -0.384. The maximum Gasteiger partial charge on any atom is 0.278 e. The lowest BCUT2D eigenvalue weighted by atomic mass is 10.0. The zero-order chi connectivity index (χ0) is 20.3. The molecule has 28 heavy (non-hydrogen) atoms. The molecule has 1 aliphatic rings. The summed E-state index contributed by atoms with van der Waals surface area (Å²) in [5.41, 5.74) is 0.518. The topological polar surface area (TPSA) is 102 Å². The van der Waals surface area contributed by atoms with Crippen LogP contribution in [-0.2, 0) is 14.3 Å². The highest BCUT2D eigenvalue weighted by atomic mass is 19.1. The first-order valence-electron chi connectivity index (χ1n) is 8.29. The number of non-ortho nitro benzene ring substituents is 1. The van der Waals surface area contributed by atoms with E-state index < -0.39 is 22.6 Å². The van der Waals surface area contributed by atoms with Crippen LogP contribution < -0.4 is 5.32 Å². The largest absolute Gasteiger partial charge is 0.383 e. The third-order valence-electron chi connectivity index (χ3n) is 4.15. The molecule has 0 unspecified atom stereocenters. The third kappa shape index (κ3) is 3.74. The van der Waals surface area contributed by atoms with Gasteiger partial charge in [0.25, 0.3) is 17.5 Å². The average Bonchev–Trinajstić information content (AvgIpc) is 2.90. The fourth-order valence-electron chi connectivity index (χ4n) is 2.81. The minimum atomic E-state index is -0.584. The number of imide groups is 1. The van der Waals surface area contributed by atoms with Crippen molar-refractivity contribution < 1.29 is 23.6 Å². The van der Waals surface area contributed by atoms with E-state index in [0.29, 0.717) is 11.3 Å². The van der Waals surface area contributed by atoms with Gasteiger partial charge in [-0.05, 0) is 35.9 Å². The number of ether oxygens (including phenoxy) is 1. The summed E-state index contributed by atoms with van der Waals surface area (Å²) in [7, 11) is 1.45. The number of halogens is 1. The first-order valence-corrected chi connectivity index (χ1v) is 8.29. The van der Waals surface area contributed by atoms with Crippen LogP contribution in [0.25, 0.3) is 5.57 Å². The molecule has 0 saturated carbocycles. The Morgan fingerprint density at radius 1 is 1.14 bits per heavy atom. The van der Waals surface area contributed by atoms with Crippen molar-refractivity contribution in [2.45, 2.75) is 0 Å². The van der Waals surface area contributed by atoms with Crippen molar-refractivity contribution in [3.05, 3.63) is 75.7 Å². The van der Waals surface area contributed by atoms with Gasteiger partial charge in [-0.15, -0.1) is 0 Å². The fraction of sp³-hybridized carbons (Fsp3) is 0.158. The van der Waals surface area contributed by atoms with E-state index in [9.17, 15) is 24.1 Å². The molecule has 2 aromatic carbocycles. The minimum absolute atomic E-state index is 0.0273. The molecule has 0 bridgehead atoms. The Bertz CT molecular complexity index is 972. The Morgan fingerprint density at radius 2 is 1.86 bits per heavy atom. The molecule has 9 heteroatoms. The van der Waals surface area contributed by atoms with Crippen LogP contribution in [0.3, 0.4) is 0 Å². The number of amides is 2. The van der Waals surface area contributed by atoms with E-state index in [-0.39, 0.29) is 30.1 Å². The number of carbonyl (C=O) groups excluding carboxylic acids is 2. The molecule has 0 fully saturated rings. The second-order valence-corrected chi connectivity index (χ2v) is 5.94. The molecule has 3 rings (SSSR count). The van der Waals surface area contributed by atoms with E-state index in [1.165, 1.54) is 49.6 Å². The summed E-state index contributed by atoms with van der Waals surface area (Å²) in [6.45, 7) is 0.192. The Balaban J connectivity index is 2.04. The summed E-state index contributed by atoms with van der Waals surface area (Å²) in [6.07, 6.45) is 0. The van der Waals surface area contributed by atoms with Gasteiger partial charge in [-0.25, -0.2) is 4.39 Å². The molecule has 0 radical (unpaired) electrons. The van der Waals surface area contributed by atoms with Gasteiger partial charge < -0.3 is 10.1 Å². The average molecular weight is 385 g/mol. The zero-order valence-corrected chi connectivity index (χ0v) is 14.8. The van der Waals surface area contributed by atoms with E-state index in [1.54, 1.807) is 6.07 Å². The predicted octanol–water partition coefficient (Wildman–Crippen LogP) is 2.57. The van der Waals surface area contributed by atoms with Gasteiger partial charge in [0.1, 0.15) is 11.5 Å². The molecular formula is C19H16FN3O5. The Kier molecular flexibility index (Phi) is 5.46. The first-order chi connectivity index (χ1) is 13.4. The second-order valence-electron chi connectivity index (χ2n) is 5.94. The van der Waals surface area contributed by atoms with E-state index in [4.69, 9.17) is 4.74 Å².